The molecule has 1 amide bonds. The molecule has 0 aliphatic carbocycles. The van der Waals surface area contributed by atoms with E-state index in [1.54, 1.807) is 12.3 Å². The number of hydrogen-bond donors (Lipinski definition) is 1. The van der Waals surface area contributed by atoms with Crippen molar-refractivity contribution in [3.05, 3.63) is 11.1 Å². The number of anilines is 1. The molecule has 0 atom stereocenters. The summed E-state index contributed by atoms with van der Waals surface area (Å²) >= 11 is 1.17. The van der Waals surface area contributed by atoms with Crippen LogP contribution < -0.4 is 5.73 Å². The molecule has 0 aliphatic heterocycles. The van der Waals surface area contributed by atoms with Gasteiger partial charge in [0, 0.05) is 19.0 Å². The highest BCUT2D eigenvalue weighted by Crippen LogP contribution is 2.13. The molecule has 0 spiro atoms. The number of rotatable bonds is 7. The van der Waals surface area contributed by atoms with Crippen molar-refractivity contribution in [1.29, 1.82) is 0 Å². The Balaban J connectivity index is 2.72. The summed E-state index contributed by atoms with van der Waals surface area (Å²) in [5, 5.41) is 1.87. The second-order valence-electron chi connectivity index (χ2n) is 3.60. The molecule has 0 bridgehead atoms. The number of esters is 1. The van der Waals surface area contributed by atoms with Gasteiger partial charge in [0.1, 0.15) is 12.2 Å². The van der Waals surface area contributed by atoms with E-state index in [0.717, 1.165) is 0 Å². The van der Waals surface area contributed by atoms with Crippen LogP contribution in [0.15, 0.2) is 5.38 Å². The van der Waals surface area contributed by atoms with Crippen LogP contribution in [-0.4, -0.2) is 55.2 Å². The van der Waals surface area contributed by atoms with Crippen molar-refractivity contribution in [3.8, 4) is 0 Å². The summed E-state index contributed by atoms with van der Waals surface area (Å²) in [6.45, 7) is 2.46. The Hall–Kier alpha value is -1.67. The van der Waals surface area contributed by atoms with E-state index in [0.29, 0.717) is 11.7 Å². The van der Waals surface area contributed by atoms with Crippen molar-refractivity contribution in [2.24, 2.45) is 0 Å². The fraction of sp³-hybridized carbons (Fsp3) is 0.545. The Kier molecular flexibility index (Phi) is 6.23. The lowest BCUT2D eigenvalue weighted by Gasteiger charge is -2.20. The number of hydrogen-bond acceptors (Lipinski definition) is 7. The molecule has 1 aromatic heterocycles. The molecule has 0 aromatic carbocycles. The van der Waals surface area contributed by atoms with E-state index < -0.39 is 5.97 Å². The Bertz CT molecular complexity index is 435. The first-order chi connectivity index (χ1) is 9.08. The topological polar surface area (TPSA) is 94.8 Å². The Morgan fingerprint density at radius 3 is 2.79 bits per heavy atom. The van der Waals surface area contributed by atoms with E-state index in [-0.39, 0.29) is 31.3 Å². The van der Waals surface area contributed by atoms with Gasteiger partial charge < -0.3 is 20.1 Å². The van der Waals surface area contributed by atoms with E-state index in [1.807, 2.05) is 0 Å². The molecule has 0 saturated carbocycles. The van der Waals surface area contributed by atoms with Crippen LogP contribution in [0.1, 0.15) is 17.4 Å². The highest BCUT2D eigenvalue weighted by molar-refractivity contribution is 7.13. The molecule has 8 heteroatoms. The SMILES string of the molecule is CCOC(=O)CN(CCOC)C(=O)c1csc(N)n1. The minimum Gasteiger partial charge on any atom is -0.465 e. The first-order valence-electron chi connectivity index (χ1n) is 5.73. The van der Waals surface area contributed by atoms with Crippen molar-refractivity contribution in [3.63, 3.8) is 0 Å². The van der Waals surface area contributed by atoms with Gasteiger partial charge in [0.25, 0.3) is 5.91 Å². The number of carbonyl (C=O) groups is 2. The van der Waals surface area contributed by atoms with Gasteiger partial charge >= 0.3 is 5.97 Å². The van der Waals surface area contributed by atoms with Crippen molar-refractivity contribution in [1.82, 2.24) is 9.88 Å². The lowest BCUT2D eigenvalue weighted by atomic mass is 10.3. The summed E-state index contributed by atoms with van der Waals surface area (Å²) in [7, 11) is 1.52. The lowest BCUT2D eigenvalue weighted by Crippen LogP contribution is -2.38. The number of nitrogens with zero attached hydrogens (tertiary/aromatic N) is 2. The zero-order chi connectivity index (χ0) is 14.3. The predicted octanol–water partition coefficient (Wildman–Crippen LogP) is 0.377. The van der Waals surface area contributed by atoms with Crippen LogP contribution in [0.5, 0.6) is 0 Å². The summed E-state index contributed by atoms with van der Waals surface area (Å²) in [6, 6.07) is 0. The molecule has 0 unspecified atom stereocenters. The van der Waals surface area contributed by atoms with Crippen LogP contribution in [0.4, 0.5) is 5.13 Å². The summed E-state index contributed by atoms with van der Waals surface area (Å²) in [5.74, 6) is -0.826. The fourth-order valence-electron chi connectivity index (χ4n) is 1.36. The van der Waals surface area contributed by atoms with Gasteiger partial charge in [0.15, 0.2) is 5.13 Å². The molecule has 1 aromatic rings. The maximum Gasteiger partial charge on any atom is 0.325 e. The van der Waals surface area contributed by atoms with E-state index in [4.69, 9.17) is 15.2 Å². The molecule has 1 rings (SSSR count). The van der Waals surface area contributed by atoms with E-state index in [1.165, 1.54) is 23.3 Å². The number of nitrogens with two attached hydrogens (primary N) is 1. The lowest BCUT2D eigenvalue weighted by molar-refractivity contribution is -0.143. The van der Waals surface area contributed by atoms with Gasteiger partial charge in [0.2, 0.25) is 0 Å². The molecule has 7 nitrogen and oxygen atoms in total. The third-order valence-corrected chi connectivity index (χ3v) is 2.89. The largest absolute Gasteiger partial charge is 0.465 e. The van der Waals surface area contributed by atoms with E-state index in [2.05, 4.69) is 4.98 Å². The molecule has 0 radical (unpaired) electrons. The molecule has 0 fully saturated rings. The maximum atomic E-state index is 12.2. The number of amides is 1. The molecule has 0 saturated heterocycles. The second-order valence-corrected chi connectivity index (χ2v) is 4.49. The van der Waals surface area contributed by atoms with Crippen molar-refractivity contribution >= 4 is 28.3 Å². The quantitative estimate of drug-likeness (QED) is 0.728. The standard InChI is InChI=1S/C11H17N3O4S/c1-3-18-9(15)6-14(4-5-17-2)10(16)8-7-19-11(12)13-8/h7H,3-6H2,1-2H3,(H2,12,13). The van der Waals surface area contributed by atoms with E-state index in [9.17, 15) is 9.59 Å². The number of aromatic nitrogens is 1. The highest BCUT2D eigenvalue weighted by Gasteiger charge is 2.21. The van der Waals surface area contributed by atoms with Crippen molar-refractivity contribution in [2.45, 2.75) is 6.92 Å². The molecule has 19 heavy (non-hydrogen) atoms. The van der Waals surface area contributed by atoms with Gasteiger partial charge in [-0.1, -0.05) is 0 Å². The number of thiazole rings is 1. The van der Waals surface area contributed by atoms with Crippen molar-refractivity contribution < 1.29 is 19.1 Å². The monoisotopic (exact) mass is 287 g/mol. The van der Waals surface area contributed by atoms with Gasteiger partial charge in [-0.25, -0.2) is 4.98 Å². The Morgan fingerprint density at radius 2 is 2.26 bits per heavy atom. The van der Waals surface area contributed by atoms with Crippen molar-refractivity contribution in [2.75, 3.05) is 39.1 Å². The predicted molar refractivity (Wildman–Crippen MR) is 70.9 cm³/mol. The number of ether oxygens (including phenoxy) is 2. The van der Waals surface area contributed by atoms with Crippen LogP contribution in [-0.2, 0) is 14.3 Å². The molecule has 1 heterocycles. The van der Waals surface area contributed by atoms with Gasteiger partial charge in [-0.05, 0) is 6.92 Å². The first kappa shape index (κ1) is 15.4. The summed E-state index contributed by atoms with van der Waals surface area (Å²) in [6.07, 6.45) is 0. The maximum absolute atomic E-state index is 12.2. The van der Waals surface area contributed by atoms with Gasteiger partial charge in [0.05, 0.1) is 13.2 Å². The number of methoxy groups -OCH3 is 1. The average Bonchev–Trinajstić information content (AvgIpc) is 2.80. The highest BCUT2D eigenvalue weighted by atomic mass is 32.1. The smallest absolute Gasteiger partial charge is 0.325 e. The number of nitrogen functional groups attached to an aromatic ring is 1. The second kappa shape index (κ2) is 7.70. The zero-order valence-electron chi connectivity index (χ0n) is 10.9. The molecular weight excluding hydrogens is 270 g/mol. The molecule has 0 aliphatic rings. The summed E-state index contributed by atoms with van der Waals surface area (Å²) in [4.78, 5) is 28.8. The molecule has 2 N–H and O–H groups in total. The normalized spacial score (nSPS) is 10.2. The van der Waals surface area contributed by atoms with Crippen LogP contribution in [0.3, 0.4) is 0 Å². The third-order valence-electron chi connectivity index (χ3n) is 2.22. The summed E-state index contributed by atoms with van der Waals surface area (Å²) in [5.41, 5.74) is 5.71. The van der Waals surface area contributed by atoms with Crippen LogP contribution >= 0.6 is 11.3 Å². The minimum atomic E-state index is -0.463. The molecule has 106 valence electrons. The Labute approximate surface area is 115 Å². The van der Waals surface area contributed by atoms with Crippen LogP contribution in [0.2, 0.25) is 0 Å². The molecular formula is C11H17N3O4S. The van der Waals surface area contributed by atoms with Crippen LogP contribution in [0.25, 0.3) is 0 Å². The van der Waals surface area contributed by atoms with Crippen LogP contribution in [0, 0.1) is 0 Å². The summed E-state index contributed by atoms with van der Waals surface area (Å²) < 4.78 is 9.74. The average molecular weight is 287 g/mol. The first-order valence-corrected chi connectivity index (χ1v) is 6.61. The Morgan fingerprint density at radius 1 is 1.53 bits per heavy atom. The zero-order valence-corrected chi connectivity index (χ0v) is 11.7. The van der Waals surface area contributed by atoms with Gasteiger partial charge in [-0.2, -0.15) is 0 Å². The van der Waals surface area contributed by atoms with Gasteiger partial charge in [-0.15, -0.1) is 11.3 Å². The van der Waals surface area contributed by atoms with Gasteiger partial charge in [-0.3, -0.25) is 9.59 Å². The minimum absolute atomic E-state index is 0.131. The third kappa shape index (κ3) is 4.84. The fourth-order valence-corrected chi connectivity index (χ4v) is 1.90. The van der Waals surface area contributed by atoms with E-state index >= 15 is 0 Å². The number of carbonyl (C=O) groups excluding carboxylic acids is 2.